The molecule has 3 rings (SSSR count). The highest BCUT2D eigenvalue weighted by molar-refractivity contribution is 7.12. The zero-order valence-corrected chi connectivity index (χ0v) is 12.8. The molecule has 5 nitrogen and oxygen atoms in total. The fourth-order valence-corrected chi connectivity index (χ4v) is 3.85. The van der Waals surface area contributed by atoms with Crippen LogP contribution >= 0.6 is 11.3 Å². The molecule has 0 radical (unpaired) electrons. The molecule has 0 saturated carbocycles. The molecule has 0 aromatic carbocycles. The maximum absolute atomic E-state index is 9.46. The molecule has 3 heterocycles. The first-order valence-corrected chi connectivity index (χ1v) is 7.68. The van der Waals surface area contributed by atoms with Crippen LogP contribution in [0.3, 0.4) is 0 Å². The van der Waals surface area contributed by atoms with E-state index >= 15 is 0 Å². The maximum atomic E-state index is 9.46. The molecule has 0 aliphatic carbocycles. The number of nitrogens with one attached hydrogen (secondary N) is 1. The predicted octanol–water partition coefficient (Wildman–Crippen LogP) is 2.95. The van der Waals surface area contributed by atoms with Gasteiger partial charge in [-0.25, -0.2) is 0 Å². The number of rotatable bonds is 3. The Labute approximate surface area is 127 Å². The van der Waals surface area contributed by atoms with Crippen molar-refractivity contribution in [2.24, 2.45) is 5.73 Å². The van der Waals surface area contributed by atoms with Gasteiger partial charge in [0.15, 0.2) is 0 Å². The van der Waals surface area contributed by atoms with Crippen molar-refractivity contribution in [3.63, 3.8) is 0 Å². The van der Waals surface area contributed by atoms with Gasteiger partial charge >= 0.3 is 0 Å². The lowest BCUT2D eigenvalue weighted by Gasteiger charge is -2.22. The van der Waals surface area contributed by atoms with E-state index in [4.69, 9.17) is 10.5 Å². The standard InChI is InChI=1S/C15H16N4OS/c1-3-4-9-5-6-11(21-9)13-10(7-16)14(17)20-15-12(13)8(2)18-19-15/h5-6,13H,3-4,17H2,1-2H3,(H,18,19). The van der Waals surface area contributed by atoms with Crippen LogP contribution in [0.25, 0.3) is 0 Å². The van der Waals surface area contributed by atoms with Gasteiger partial charge in [0.25, 0.3) is 0 Å². The zero-order valence-electron chi connectivity index (χ0n) is 11.9. The molecule has 1 aliphatic heterocycles. The summed E-state index contributed by atoms with van der Waals surface area (Å²) in [5.74, 6) is 0.430. The number of fused-ring (bicyclic) bond motifs is 1. The van der Waals surface area contributed by atoms with Crippen molar-refractivity contribution in [1.29, 1.82) is 5.26 Å². The third-order valence-corrected chi connectivity index (χ3v) is 4.80. The Morgan fingerprint density at radius 2 is 2.33 bits per heavy atom. The second-order valence-electron chi connectivity index (χ2n) is 5.05. The molecule has 2 aromatic heterocycles. The van der Waals surface area contributed by atoms with E-state index in [0.29, 0.717) is 11.5 Å². The highest BCUT2D eigenvalue weighted by Crippen LogP contribution is 2.44. The summed E-state index contributed by atoms with van der Waals surface area (Å²) in [6, 6.07) is 6.40. The Hall–Kier alpha value is -2.26. The van der Waals surface area contributed by atoms with E-state index in [1.807, 2.05) is 6.92 Å². The molecule has 108 valence electrons. The van der Waals surface area contributed by atoms with E-state index in [1.165, 1.54) is 4.88 Å². The van der Waals surface area contributed by atoms with E-state index in [1.54, 1.807) is 11.3 Å². The minimum atomic E-state index is -0.187. The molecular formula is C15H16N4OS. The van der Waals surface area contributed by atoms with Crippen LogP contribution in [0.15, 0.2) is 23.6 Å². The van der Waals surface area contributed by atoms with E-state index in [-0.39, 0.29) is 11.8 Å². The first-order valence-electron chi connectivity index (χ1n) is 6.86. The average molecular weight is 300 g/mol. The van der Waals surface area contributed by atoms with Crippen LogP contribution < -0.4 is 10.5 Å². The molecule has 21 heavy (non-hydrogen) atoms. The molecule has 1 aliphatic rings. The molecule has 0 spiro atoms. The quantitative estimate of drug-likeness (QED) is 0.912. The van der Waals surface area contributed by atoms with E-state index < -0.39 is 0 Å². The van der Waals surface area contributed by atoms with Gasteiger partial charge in [0.05, 0.1) is 11.5 Å². The normalized spacial score (nSPS) is 17.3. The van der Waals surface area contributed by atoms with Crippen LogP contribution in [0.1, 0.15) is 40.3 Å². The second kappa shape index (κ2) is 5.26. The number of hydrogen-bond acceptors (Lipinski definition) is 5. The summed E-state index contributed by atoms with van der Waals surface area (Å²) >= 11 is 1.72. The maximum Gasteiger partial charge on any atom is 0.244 e. The SMILES string of the molecule is CCCc1ccc(C2C(C#N)=C(N)Oc3n[nH]c(C)c32)s1. The summed E-state index contributed by atoms with van der Waals surface area (Å²) in [5, 5.41) is 16.5. The van der Waals surface area contributed by atoms with Gasteiger partial charge in [-0.15, -0.1) is 16.4 Å². The first-order chi connectivity index (χ1) is 10.2. The van der Waals surface area contributed by atoms with Crippen molar-refractivity contribution < 1.29 is 4.74 Å². The van der Waals surface area contributed by atoms with Crippen LogP contribution in [0.5, 0.6) is 5.88 Å². The lowest BCUT2D eigenvalue weighted by Crippen LogP contribution is -2.20. The van der Waals surface area contributed by atoms with E-state index in [0.717, 1.165) is 29.0 Å². The Morgan fingerprint density at radius 1 is 1.52 bits per heavy atom. The van der Waals surface area contributed by atoms with E-state index in [9.17, 15) is 5.26 Å². The van der Waals surface area contributed by atoms with Crippen LogP contribution in [0, 0.1) is 18.3 Å². The van der Waals surface area contributed by atoms with Crippen LogP contribution in [0.2, 0.25) is 0 Å². The van der Waals surface area contributed by atoms with Gasteiger partial charge in [-0.3, -0.25) is 5.10 Å². The van der Waals surface area contributed by atoms with Gasteiger partial charge in [0.2, 0.25) is 11.8 Å². The summed E-state index contributed by atoms with van der Waals surface area (Å²) < 4.78 is 5.46. The van der Waals surface area contributed by atoms with Crippen molar-refractivity contribution in [3.05, 3.63) is 44.6 Å². The van der Waals surface area contributed by atoms with Crippen LogP contribution in [0.4, 0.5) is 0 Å². The highest BCUT2D eigenvalue weighted by atomic mass is 32.1. The zero-order chi connectivity index (χ0) is 15.0. The van der Waals surface area contributed by atoms with Gasteiger partial charge < -0.3 is 10.5 Å². The van der Waals surface area contributed by atoms with Crippen molar-refractivity contribution in [3.8, 4) is 11.9 Å². The van der Waals surface area contributed by atoms with E-state index in [2.05, 4.69) is 35.3 Å². The summed E-state index contributed by atoms with van der Waals surface area (Å²) in [6.45, 7) is 4.09. The fraction of sp³-hybridized carbons (Fsp3) is 0.333. The van der Waals surface area contributed by atoms with Crippen LogP contribution in [-0.4, -0.2) is 10.2 Å². The van der Waals surface area contributed by atoms with Gasteiger partial charge in [0, 0.05) is 15.4 Å². The highest BCUT2D eigenvalue weighted by Gasteiger charge is 2.34. The number of nitriles is 1. The van der Waals surface area contributed by atoms with Crippen molar-refractivity contribution in [1.82, 2.24) is 10.2 Å². The Bertz CT molecular complexity index is 750. The largest absolute Gasteiger partial charge is 0.420 e. The molecule has 3 N–H and O–H groups in total. The van der Waals surface area contributed by atoms with Crippen LogP contribution in [-0.2, 0) is 6.42 Å². The number of H-pyrrole nitrogens is 1. The number of ether oxygens (including phenoxy) is 1. The smallest absolute Gasteiger partial charge is 0.244 e. The number of aromatic nitrogens is 2. The van der Waals surface area contributed by atoms with Gasteiger partial charge in [0.1, 0.15) is 11.6 Å². The Balaban J connectivity index is 2.13. The minimum Gasteiger partial charge on any atom is -0.420 e. The number of aryl methyl sites for hydroxylation is 2. The summed E-state index contributed by atoms with van der Waals surface area (Å²) in [5.41, 5.74) is 8.16. The lowest BCUT2D eigenvalue weighted by atomic mass is 9.89. The second-order valence-corrected chi connectivity index (χ2v) is 6.25. The Morgan fingerprint density at radius 3 is 3.05 bits per heavy atom. The molecule has 6 heteroatoms. The number of nitrogens with zero attached hydrogens (tertiary/aromatic N) is 2. The summed E-state index contributed by atoms with van der Waals surface area (Å²) in [7, 11) is 0. The number of aromatic amines is 1. The topological polar surface area (TPSA) is 87.7 Å². The van der Waals surface area contributed by atoms with Crippen molar-refractivity contribution in [2.75, 3.05) is 0 Å². The molecule has 2 aromatic rings. The molecule has 0 amide bonds. The number of nitrogens with two attached hydrogens (primary N) is 1. The number of thiophene rings is 1. The summed E-state index contributed by atoms with van der Waals surface area (Å²) in [6.07, 6.45) is 2.15. The molecule has 0 saturated heterocycles. The third kappa shape index (κ3) is 2.20. The molecule has 0 fully saturated rings. The predicted molar refractivity (Wildman–Crippen MR) is 80.9 cm³/mol. The van der Waals surface area contributed by atoms with Crippen molar-refractivity contribution >= 4 is 11.3 Å². The summed E-state index contributed by atoms with van der Waals surface area (Å²) in [4.78, 5) is 2.42. The van der Waals surface area contributed by atoms with Gasteiger partial charge in [-0.05, 0) is 25.5 Å². The monoisotopic (exact) mass is 300 g/mol. The number of hydrogen-bond donors (Lipinski definition) is 2. The third-order valence-electron chi connectivity index (χ3n) is 3.59. The fourth-order valence-electron chi connectivity index (χ4n) is 2.61. The Kier molecular flexibility index (Phi) is 3.43. The molecule has 0 bridgehead atoms. The first kappa shape index (κ1) is 13.7. The number of allylic oxidation sites excluding steroid dienone is 1. The average Bonchev–Trinajstić information content (AvgIpc) is 3.06. The molecular weight excluding hydrogens is 284 g/mol. The lowest BCUT2D eigenvalue weighted by molar-refractivity contribution is 0.379. The van der Waals surface area contributed by atoms with Gasteiger partial charge in [-0.1, -0.05) is 13.3 Å². The van der Waals surface area contributed by atoms with Gasteiger partial charge in [-0.2, -0.15) is 5.26 Å². The van der Waals surface area contributed by atoms with Crippen molar-refractivity contribution in [2.45, 2.75) is 32.6 Å². The molecule has 1 atom stereocenters. The molecule has 1 unspecified atom stereocenters. The minimum absolute atomic E-state index is 0.145.